The van der Waals surface area contributed by atoms with E-state index in [9.17, 15) is 13.2 Å². The number of rotatable bonds is 6. The van der Waals surface area contributed by atoms with Crippen molar-refractivity contribution in [2.45, 2.75) is 11.3 Å². The fourth-order valence-corrected chi connectivity index (χ4v) is 7.70. The van der Waals surface area contributed by atoms with Crippen LogP contribution in [0.5, 0.6) is 17.2 Å². The van der Waals surface area contributed by atoms with Crippen LogP contribution in [-0.4, -0.2) is 63.1 Å². The summed E-state index contributed by atoms with van der Waals surface area (Å²) in [5, 5.41) is 0.760. The van der Waals surface area contributed by atoms with E-state index in [0.29, 0.717) is 33.1 Å². The van der Waals surface area contributed by atoms with Gasteiger partial charge in [-0.25, -0.2) is 8.42 Å². The number of aliphatic imine (C=N–C) groups is 1. The molecular weight excluding hydrogens is 476 g/mol. The highest BCUT2D eigenvalue weighted by Crippen LogP contribution is 2.44. The number of hydrogen-bond acceptors (Lipinski definition) is 7. The van der Waals surface area contributed by atoms with Crippen molar-refractivity contribution in [1.82, 2.24) is 0 Å². The van der Waals surface area contributed by atoms with Gasteiger partial charge in [-0.15, -0.1) is 0 Å². The molecule has 0 aliphatic carbocycles. The van der Waals surface area contributed by atoms with Crippen LogP contribution >= 0.6 is 23.4 Å². The molecule has 2 aliphatic rings. The van der Waals surface area contributed by atoms with Crippen LogP contribution in [0, 0.1) is 0 Å². The SMILES string of the molecule is COc1ccc(N2C(=NC(=O)COc3ccc(Cl)cc3)S[C@H]3CS(=O)(=O)C[C@@H]32)c(OC)c1. The van der Waals surface area contributed by atoms with Gasteiger partial charge < -0.3 is 19.1 Å². The Bertz CT molecular complexity index is 1150. The number of thioether (sulfide) groups is 1. The van der Waals surface area contributed by atoms with Gasteiger partial charge in [0.25, 0.3) is 5.91 Å². The minimum absolute atomic E-state index is 0.0195. The zero-order valence-corrected chi connectivity index (χ0v) is 19.7. The van der Waals surface area contributed by atoms with Crippen LogP contribution in [-0.2, 0) is 14.6 Å². The van der Waals surface area contributed by atoms with Gasteiger partial charge in [-0.3, -0.25) is 4.79 Å². The summed E-state index contributed by atoms with van der Waals surface area (Å²) in [6.45, 7) is -0.257. The molecule has 8 nitrogen and oxygen atoms in total. The van der Waals surface area contributed by atoms with Gasteiger partial charge in [0.2, 0.25) is 0 Å². The quantitative estimate of drug-likeness (QED) is 0.602. The van der Waals surface area contributed by atoms with Crippen molar-refractivity contribution in [3.8, 4) is 17.2 Å². The molecule has 170 valence electrons. The molecule has 11 heteroatoms. The van der Waals surface area contributed by atoms with Crippen molar-refractivity contribution in [2.24, 2.45) is 4.99 Å². The van der Waals surface area contributed by atoms with Crippen LogP contribution < -0.4 is 19.1 Å². The first kappa shape index (κ1) is 22.8. The van der Waals surface area contributed by atoms with Crippen LogP contribution in [0.1, 0.15) is 0 Å². The second-order valence-corrected chi connectivity index (χ2v) is 11.0. The summed E-state index contributed by atoms with van der Waals surface area (Å²) >= 11 is 7.14. The van der Waals surface area contributed by atoms with Crippen LogP contribution in [0.15, 0.2) is 47.5 Å². The van der Waals surface area contributed by atoms with E-state index in [4.69, 9.17) is 25.8 Å². The molecule has 2 saturated heterocycles. The van der Waals surface area contributed by atoms with Gasteiger partial charge in [-0.1, -0.05) is 23.4 Å². The molecule has 0 bridgehead atoms. The molecule has 0 spiro atoms. The number of amidine groups is 1. The highest BCUT2D eigenvalue weighted by Gasteiger charge is 2.50. The Kier molecular flexibility index (Phi) is 6.55. The lowest BCUT2D eigenvalue weighted by Crippen LogP contribution is -2.38. The van der Waals surface area contributed by atoms with Gasteiger partial charge in [0.1, 0.15) is 17.2 Å². The minimum Gasteiger partial charge on any atom is -0.497 e. The average molecular weight is 497 g/mol. The lowest BCUT2D eigenvalue weighted by Gasteiger charge is -2.26. The Balaban J connectivity index is 1.61. The predicted octanol–water partition coefficient (Wildman–Crippen LogP) is 3.04. The molecule has 2 aromatic rings. The topological polar surface area (TPSA) is 94.5 Å². The fraction of sp³-hybridized carbons (Fsp3) is 0.333. The molecule has 2 heterocycles. The monoisotopic (exact) mass is 496 g/mol. The van der Waals surface area contributed by atoms with Gasteiger partial charge in [-0.2, -0.15) is 4.99 Å². The van der Waals surface area contributed by atoms with Gasteiger partial charge in [0.05, 0.1) is 37.5 Å². The maximum absolute atomic E-state index is 12.6. The molecule has 2 fully saturated rings. The standard InChI is InChI=1S/C21H21ClN2O6S2/c1-28-15-7-8-16(18(9-15)29-2)24-17-11-32(26,27)12-19(17)31-21(24)23-20(25)10-30-14-5-3-13(22)4-6-14/h3-9,17,19H,10-12H2,1-2H3/t17-,19-/m0/s1. The summed E-state index contributed by atoms with van der Waals surface area (Å²) in [6, 6.07) is 11.5. The van der Waals surface area contributed by atoms with Crippen molar-refractivity contribution >= 4 is 50.0 Å². The number of methoxy groups -OCH3 is 2. The summed E-state index contributed by atoms with van der Waals surface area (Å²) in [7, 11) is -0.116. The normalized spacial score (nSPS) is 22.6. The van der Waals surface area contributed by atoms with Gasteiger partial charge >= 0.3 is 0 Å². The molecule has 2 aromatic carbocycles. The third-order valence-electron chi connectivity index (χ3n) is 5.11. The first-order valence-corrected chi connectivity index (χ1v) is 12.8. The molecule has 0 N–H and O–H groups in total. The highest BCUT2D eigenvalue weighted by atomic mass is 35.5. The maximum atomic E-state index is 12.6. The van der Waals surface area contributed by atoms with E-state index in [1.165, 1.54) is 18.9 Å². The molecule has 1 amide bonds. The van der Waals surface area contributed by atoms with Crippen LogP contribution in [0.2, 0.25) is 5.02 Å². The number of anilines is 1. The number of carbonyl (C=O) groups excluding carboxylic acids is 1. The summed E-state index contributed by atoms with van der Waals surface area (Å²) in [5.41, 5.74) is 0.621. The van der Waals surface area contributed by atoms with Gasteiger partial charge in [0.15, 0.2) is 21.6 Å². The van der Waals surface area contributed by atoms with E-state index < -0.39 is 15.7 Å². The number of halogens is 1. The molecular formula is C21H21ClN2O6S2. The van der Waals surface area contributed by atoms with Crippen molar-refractivity contribution < 1.29 is 27.4 Å². The summed E-state index contributed by atoms with van der Waals surface area (Å²) in [4.78, 5) is 18.6. The van der Waals surface area contributed by atoms with E-state index in [2.05, 4.69) is 4.99 Å². The molecule has 2 atom stereocenters. The third kappa shape index (κ3) is 4.82. The molecule has 2 aliphatic heterocycles. The Hall–Kier alpha value is -2.43. The largest absolute Gasteiger partial charge is 0.497 e. The number of carbonyl (C=O) groups is 1. The Morgan fingerprint density at radius 3 is 2.53 bits per heavy atom. The van der Waals surface area contributed by atoms with Crippen molar-refractivity contribution in [3.63, 3.8) is 0 Å². The summed E-state index contributed by atoms with van der Waals surface area (Å²) < 4.78 is 40.8. The molecule has 4 rings (SSSR count). The Morgan fingerprint density at radius 2 is 1.84 bits per heavy atom. The Labute approximate surface area is 195 Å². The molecule has 0 saturated carbocycles. The number of fused-ring (bicyclic) bond motifs is 1. The van der Waals surface area contributed by atoms with E-state index in [1.54, 1.807) is 54.5 Å². The number of ether oxygens (including phenoxy) is 3. The highest BCUT2D eigenvalue weighted by molar-refractivity contribution is 8.16. The van der Waals surface area contributed by atoms with Gasteiger partial charge in [0, 0.05) is 16.3 Å². The van der Waals surface area contributed by atoms with E-state index >= 15 is 0 Å². The second kappa shape index (κ2) is 9.21. The number of benzene rings is 2. The first-order valence-electron chi connectivity index (χ1n) is 9.68. The third-order valence-corrected chi connectivity index (χ3v) is 8.57. The molecule has 0 radical (unpaired) electrons. The lowest BCUT2D eigenvalue weighted by molar-refractivity contribution is -0.119. The van der Waals surface area contributed by atoms with E-state index in [1.807, 2.05) is 0 Å². The average Bonchev–Trinajstić information content (AvgIpc) is 3.23. The van der Waals surface area contributed by atoms with E-state index in [-0.39, 0.29) is 29.4 Å². The second-order valence-electron chi connectivity index (χ2n) is 7.24. The van der Waals surface area contributed by atoms with Crippen LogP contribution in [0.3, 0.4) is 0 Å². The van der Waals surface area contributed by atoms with Crippen LogP contribution in [0.25, 0.3) is 0 Å². The smallest absolute Gasteiger partial charge is 0.285 e. The fourth-order valence-electron chi connectivity index (χ4n) is 3.64. The molecule has 32 heavy (non-hydrogen) atoms. The number of nitrogens with zero attached hydrogens (tertiary/aromatic N) is 2. The van der Waals surface area contributed by atoms with E-state index in [0.717, 1.165) is 0 Å². The van der Waals surface area contributed by atoms with Crippen molar-refractivity contribution in [2.75, 3.05) is 37.2 Å². The number of hydrogen-bond donors (Lipinski definition) is 0. The predicted molar refractivity (Wildman–Crippen MR) is 125 cm³/mol. The molecule has 0 aromatic heterocycles. The molecule has 0 unspecified atom stereocenters. The van der Waals surface area contributed by atoms with Crippen molar-refractivity contribution in [1.29, 1.82) is 0 Å². The first-order chi connectivity index (χ1) is 15.3. The number of sulfone groups is 1. The zero-order chi connectivity index (χ0) is 22.9. The Morgan fingerprint density at radius 1 is 1.12 bits per heavy atom. The summed E-state index contributed by atoms with van der Waals surface area (Å²) in [5.74, 6) is 1.12. The van der Waals surface area contributed by atoms with Crippen molar-refractivity contribution in [3.05, 3.63) is 47.5 Å². The lowest BCUT2D eigenvalue weighted by atomic mass is 10.2. The zero-order valence-electron chi connectivity index (χ0n) is 17.4. The summed E-state index contributed by atoms with van der Waals surface area (Å²) in [6.07, 6.45) is 0. The maximum Gasteiger partial charge on any atom is 0.285 e. The minimum atomic E-state index is -3.18. The van der Waals surface area contributed by atoms with Gasteiger partial charge in [-0.05, 0) is 36.4 Å². The number of amides is 1. The van der Waals surface area contributed by atoms with Crippen LogP contribution in [0.4, 0.5) is 5.69 Å².